The van der Waals surface area contributed by atoms with Crippen molar-refractivity contribution in [3.05, 3.63) is 338 Å². The van der Waals surface area contributed by atoms with Crippen LogP contribution in [0.3, 0.4) is 0 Å². The molecule has 4 heterocycles. The van der Waals surface area contributed by atoms with Crippen LogP contribution in [0.1, 0.15) is 105 Å². The molecule has 0 N–H and O–H groups in total. The van der Waals surface area contributed by atoms with Crippen LogP contribution >= 0.6 is 0 Å². The average Bonchev–Trinajstić information content (AvgIpc) is 1.50. The first-order valence-electron chi connectivity index (χ1n) is 42.9. The molecule has 0 amide bonds. The van der Waals surface area contributed by atoms with Crippen LogP contribution in [0.25, 0.3) is 154 Å². The molecule has 2 aromatic heterocycles. The van der Waals surface area contributed by atoms with Gasteiger partial charge < -0.3 is 18.6 Å². The number of anilines is 6. The molecule has 0 atom stereocenters. The summed E-state index contributed by atoms with van der Waals surface area (Å²) < 4.78 is 15.2. The average molecular weight is 1590 g/mol. The minimum Gasteiger partial charge on any atom is -0.455 e. The highest BCUT2D eigenvalue weighted by molar-refractivity contribution is 7.13. The van der Waals surface area contributed by atoms with E-state index >= 15 is 0 Å². The Morgan fingerprint density at radius 1 is 0.233 bits per heavy atom. The molecule has 0 unspecified atom stereocenters. The van der Waals surface area contributed by atoms with Gasteiger partial charge >= 0.3 is 0 Å². The van der Waals surface area contributed by atoms with Crippen LogP contribution in [0.5, 0.6) is 0 Å². The molecular formula is C114H100N2O2Si2. The topological polar surface area (TPSA) is 32.8 Å². The van der Waals surface area contributed by atoms with E-state index in [1.165, 1.54) is 153 Å². The number of benzene rings is 17. The molecule has 0 saturated carbocycles. The Balaban J connectivity index is 0.748. The van der Waals surface area contributed by atoms with Gasteiger partial charge in [0, 0.05) is 44.6 Å². The summed E-state index contributed by atoms with van der Waals surface area (Å²) in [4.78, 5) is 5.08. The second kappa shape index (κ2) is 27.0. The van der Waals surface area contributed by atoms with Gasteiger partial charge in [0.2, 0.25) is 0 Å². The molecule has 0 aliphatic carbocycles. The lowest BCUT2D eigenvalue weighted by atomic mass is 9.82. The van der Waals surface area contributed by atoms with Gasteiger partial charge in [0.1, 0.15) is 38.5 Å². The Kier molecular flexibility index (Phi) is 16.8. The largest absolute Gasteiger partial charge is 0.455 e. The van der Waals surface area contributed by atoms with Gasteiger partial charge in [-0.05, 0) is 236 Å². The van der Waals surface area contributed by atoms with Crippen molar-refractivity contribution in [1.82, 2.24) is 0 Å². The van der Waals surface area contributed by atoms with Gasteiger partial charge in [-0.15, -0.1) is 0 Å². The summed E-state index contributed by atoms with van der Waals surface area (Å²) in [6, 6.07) is 120. The molecular weight excluding hydrogens is 1490 g/mol. The van der Waals surface area contributed by atoms with E-state index in [9.17, 15) is 0 Å². The summed E-state index contributed by atoms with van der Waals surface area (Å²) in [5.74, 6) is 0. The third-order valence-electron chi connectivity index (χ3n) is 26.8. The second-order valence-corrected chi connectivity index (χ2v) is 47.7. The van der Waals surface area contributed by atoms with Crippen molar-refractivity contribution in [2.24, 2.45) is 0 Å². The monoisotopic (exact) mass is 1580 g/mol. The molecule has 2 aliphatic rings. The lowest BCUT2D eigenvalue weighted by Crippen LogP contribution is -2.63. The van der Waals surface area contributed by atoms with E-state index in [0.29, 0.717) is 0 Å². The maximum absolute atomic E-state index is 7.58. The summed E-state index contributed by atoms with van der Waals surface area (Å²) in [6.07, 6.45) is 0. The van der Waals surface area contributed by atoms with Gasteiger partial charge in [-0.2, -0.15) is 0 Å². The van der Waals surface area contributed by atoms with Crippen LogP contribution in [0.2, 0.25) is 26.2 Å². The molecule has 19 aromatic rings. The normalized spacial score (nSPS) is 13.8. The Morgan fingerprint density at radius 2 is 0.458 bits per heavy atom. The van der Waals surface area contributed by atoms with Gasteiger partial charge in [0.15, 0.2) is 0 Å². The van der Waals surface area contributed by atoms with Crippen molar-refractivity contribution in [2.75, 3.05) is 9.80 Å². The quantitative estimate of drug-likeness (QED) is 0.128. The lowest BCUT2D eigenvalue weighted by Gasteiger charge is -2.31. The summed E-state index contributed by atoms with van der Waals surface area (Å²) in [6.45, 7) is 38.3. The van der Waals surface area contributed by atoms with Crippen LogP contribution in [-0.2, 0) is 21.7 Å². The third kappa shape index (κ3) is 11.6. The first-order valence-corrected chi connectivity index (χ1v) is 48.9. The van der Waals surface area contributed by atoms with Crippen molar-refractivity contribution in [3.63, 3.8) is 0 Å². The smallest absolute Gasteiger partial charge is 0.145 e. The molecule has 6 heteroatoms. The lowest BCUT2D eigenvalue weighted by molar-refractivity contribution is 0.595. The fraction of sp³-hybridized carbons (Fsp3) is 0.175. The molecule has 586 valence electrons. The molecule has 0 bridgehead atoms. The molecule has 4 nitrogen and oxygen atoms in total. The Labute approximate surface area is 707 Å². The van der Waals surface area contributed by atoms with E-state index in [2.05, 4.69) is 435 Å². The Morgan fingerprint density at radius 3 is 0.708 bits per heavy atom. The minimum atomic E-state index is -2.77. The van der Waals surface area contributed by atoms with Crippen molar-refractivity contribution in [2.45, 2.75) is 131 Å². The van der Waals surface area contributed by atoms with E-state index in [-0.39, 0.29) is 21.7 Å². The Hall–Kier alpha value is -12.6. The fourth-order valence-corrected chi connectivity index (χ4v) is 29.5. The van der Waals surface area contributed by atoms with Gasteiger partial charge in [0.25, 0.3) is 0 Å². The third-order valence-corrected chi connectivity index (χ3v) is 34.0. The molecule has 2 aliphatic heterocycles. The zero-order valence-electron chi connectivity index (χ0n) is 71.7. The van der Waals surface area contributed by atoms with E-state index in [1.807, 2.05) is 0 Å². The van der Waals surface area contributed by atoms with E-state index in [1.54, 1.807) is 0 Å². The molecule has 21 rings (SSSR count). The maximum Gasteiger partial charge on any atom is 0.145 e. The van der Waals surface area contributed by atoms with Gasteiger partial charge in [-0.3, -0.25) is 0 Å². The van der Waals surface area contributed by atoms with Crippen LogP contribution in [0.4, 0.5) is 34.1 Å². The van der Waals surface area contributed by atoms with Crippen LogP contribution in [0, 0.1) is 0 Å². The van der Waals surface area contributed by atoms with Crippen LogP contribution in [-0.4, -0.2) is 16.1 Å². The van der Waals surface area contributed by atoms with Crippen LogP contribution in [0.15, 0.2) is 324 Å². The highest BCUT2D eigenvalue weighted by Gasteiger charge is 2.51. The van der Waals surface area contributed by atoms with Crippen molar-refractivity contribution in [3.8, 4) is 66.8 Å². The van der Waals surface area contributed by atoms with E-state index in [4.69, 9.17) is 8.83 Å². The number of hydrogen-bond donors (Lipinski definition) is 0. The number of fused-ring (bicyclic) bond motifs is 19. The van der Waals surface area contributed by atoms with Gasteiger partial charge in [0.05, 0.1) is 22.1 Å². The first kappa shape index (κ1) is 74.9. The standard InChI is InChI=1S/C114H100N2O2Si2/c1-111(2,3)93-63-59-77(81-29-17-21-33-85(81)93)69-41-49-73(50-42-69)115(74-51-43-70(44-52-74)78-60-64-94(112(4,5)6)86-34-22-18-30-82(78)86)97-67-101-105(107-103(97)89-37-25-27-39-99(89)117-107)91-57-58-92-106-102(120(15,16)110(92)109(91)119(101,13)14)68-98(104-90-38-26-28-40-100(90)118-108(104)106)116(75-53-45-71(46-54-75)79-61-65-95(113(7,8)9)87-35-23-19-31-83(79)87)76-55-47-72(48-56-76)80-62-66-96(114(10,11)12)88-36-24-20-32-84(80)88/h17-68H,1-16H3. The second-order valence-electron chi connectivity index (χ2n) is 39.1. The van der Waals surface area contributed by atoms with Gasteiger partial charge in [-0.1, -0.05) is 352 Å². The highest BCUT2D eigenvalue weighted by atomic mass is 28.3. The molecule has 0 spiro atoms. The zero-order chi connectivity index (χ0) is 82.6. The number of furan rings is 2. The van der Waals surface area contributed by atoms with Gasteiger partial charge in [-0.25, -0.2) is 0 Å². The van der Waals surface area contributed by atoms with Crippen LogP contribution < -0.4 is 30.5 Å². The Bertz CT molecular complexity index is 6740. The molecule has 0 radical (unpaired) electrons. The summed E-state index contributed by atoms with van der Waals surface area (Å²) >= 11 is 0. The van der Waals surface area contributed by atoms with Crippen molar-refractivity contribution >= 4 is 158 Å². The predicted molar refractivity (Wildman–Crippen MR) is 521 cm³/mol. The maximum atomic E-state index is 7.58. The number of hydrogen-bond acceptors (Lipinski definition) is 4. The van der Waals surface area contributed by atoms with E-state index < -0.39 is 16.1 Å². The summed E-state index contributed by atoms with van der Waals surface area (Å²) in [5.41, 5.74) is 30.1. The summed E-state index contributed by atoms with van der Waals surface area (Å²) in [5, 5.41) is 20.4. The predicted octanol–water partition coefficient (Wildman–Crippen LogP) is 30.5. The number of nitrogens with zero attached hydrogens (tertiary/aromatic N) is 2. The first-order chi connectivity index (χ1) is 57.6. The minimum absolute atomic E-state index is 0.0175. The molecule has 17 aromatic carbocycles. The van der Waals surface area contributed by atoms with Crippen molar-refractivity contribution < 1.29 is 8.83 Å². The molecule has 120 heavy (non-hydrogen) atoms. The summed E-state index contributed by atoms with van der Waals surface area (Å²) in [7, 11) is -5.53. The SMILES string of the molecule is CC(C)(C)c1ccc(-c2ccc(N(c3ccc(-c4ccc(C(C)(C)C)c5ccccc45)cc3)c3cc4c(c5oc6ccccc6c35)-c3ccc5c(c3[Si]4(C)C)[Si](C)(C)c3cc(N(c4ccc(-c6ccc(C(C)(C)C)c7ccccc67)cc4)c4ccc(-c6ccc(C(C)(C)C)c7ccccc67)cc4)c4c(oc6ccccc64)c3-5)cc2)c2ccccc12. The number of para-hydroxylation sites is 2. The molecule has 0 fully saturated rings. The molecule has 0 saturated heterocycles. The van der Waals surface area contributed by atoms with Crippen molar-refractivity contribution in [1.29, 1.82) is 0 Å². The fourth-order valence-electron chi connectivity index (χ4n) is 21.1. The zero-order valence-corrected chi connectivity index (χ0v) is 73.7. The number of rotatable bonds is 10. The van der Waals surface area contributed by atoms with E-state index in [0.717, 1.165) is 78.0 Å². The highest BCUT2D eigenvalue weighted by Crippen LogP contribution is 2.54.